The lowest BCUT2D eigenvalue weighted by Gasteiger charge is -2.35. The van der Waals surface area contributed by atoms with Gasteiger partial charge in [-0.1, -0.05) is 66.7 Å². The number of carbonyl (C=O) groups excluding carboxylic acids is 1. The van der Waals surface area contributed by atoms with Crippen molar-refractivity contribution in [1.29, 1.82) is 0 Å². The molecule has 6 heteroatoms. The van der Waals surface area contributed by atoms with Gasteiger partial charge >= 0.3 is 5.97 Å². The molecule has 0 amide bonds. The van der Waals surface area contributed by atoms with Crippen LogP contribution in [0, 0.1) is 0 Å². The Morgan fingerprint density at radius 2 is 1.50 bits per heavy atom. The average molecular weight is 435 g/mol. The maximum absolute atomic E-state index is 13.3. The molecule has 0 fully saturated rings. The highest BCUT2D eigenvalue weighted by molar-refractivity contribution is 5.77. The Bertz CT molecular complexity index is 881. The summed E-state index contributed by atoms with van der Waals surface area (Å²) in [6, 6.07) is 25.0. The first kappa shape index (κ1) is 23.6. The van der Waals surface area contributed by atoms with E-state index in [9.17, 15) is 4.79 Å². The maximum atomic E-state index is 13.3. The first-order chi connectivity index (χ1) is 15.7. The molecule has 2 unspecified atom stereocenters. The number of rotatable bonds is 12. The van der Waals surface area contributed by atoms with Gasteiger partial charge in [0.15, 0.2) is 0 Å². The standard InChI is InChI=1S/C26H30N2O4/c1-3-31-26(29)24(25(32-20-30-2)23-16-10-11-17-27-23)28(18-21-12-6-4-7-13-21)19-22-14-8-5-9-15-22/h4-17,24-25H,3,18-20H2,1-2H3. The Morgan fingerprint density at radius 3 is 2.00 bits per heavy atom. The lowest BCUT2D eigenvalue weighted by molar-refractivity contribution is -0.164. The molecule has 1 heterocycles. The lowest BCUT2D eigenvalue weighted by atomic mass is 10.0. The predicted octanol–water partition coefficient (Wildman–Crippen LogP) is 4.38. The number of carbonyl (C=O) groups is 1. The largest absolute Gasteiger partial charge is 0.465 e. The highest BCUT2D eigenvalue weighted by Gasteiger charge is 2.38. The minimum atomic E-state index is -0.722. The van der Waals surface area contributed by atoms with Crippen LogP contribution in [0.4, 0.5) is 0 Å². The molecule has 0 aliphatic carbocycles. The van der Waals surface area contributed by atoms with Crippen molar-refractivity contribution in [3.8, 4) is 0 Å². The summed E-state index contributed by atoms with van der Waals surface area (Å²) in [4.78, 5) is 19.9. The SMILES string of the molecule is CCOC(=O)C(C(OCOC)c1ccccn1)N(Cc1ccccc1)Cc1ccccc1. The van der Waals surface area contributed by atoms with Gasteiger partial charge < -0.3 is 14.2 Å². The summed E-state index contributed by atoms with van der Waals surface area (Å²) in [5, 5.41) is 0. The summed E-state index contributed by atoms with van der Waals surface area (Å²) < 4.78 is 16.7. The van der Waals surface area contributed by atoms with Crippen molar-refractivity contribution in [2.24, 2.45) is 0 Å². The Balaban J connectivity index is 2.03. The van der Waals surface area contributed by atoms with Crippen LogP contribution in [0.2, 0.25) is 0 Å². The molecule has 3 rings (SSSR count). The Labute approximate surface area is 189 Å². The third-order valence-electron chi connectivity index (χ3n) is 5.01. The summed E-state index contributed by atoms with van der Waals surface area (Å²) in [6.07, 6.45) is 1.03. The number of benzene rings is 2. The number of nitrogens with zero attached hydrogens (tertiary/aromatic N) is 2. The normalized spacial score (nSPS) is 13.0. The molecule has 0 spiro atoms. The minimum Gasteiger partial charge on any atom is -0.465 e. The van der Waals surface area contributed by atoms with E-state index in [2.05, 4.69) is 9.88 Å². The van der Waals surface area contributed by atoms with E-state index in [0.29, 0.717) is 18.8 Å². The Kier molecular flexibility index (Phi) is 9.37. The molecule has 2 aromatic carbocycles. The third kappa shape index (κ3) is 6.72. The van der Waals surface area contributed by atoms with Crippen LogP contribution in [0.3, 0.4) is 0 Å². The first-order valence-corrected chi connectivity index (χ1v) is 10.7. The maximum Gasteiger partial charge on any atom is 0.326 e. The number of esters is 1. The van der Waals surface area contributed by atoms with Crippen molar-refractivity contribution in [2.45, 2.75) is 32.2 Å². The molecule has 0 saturated heterocycles. The average Bonchev–Trinajstić information content (AvgIpc) is 2.83. The summed E-state index contributed by atoms with van der Waals surface area (Å²) in [5.74, 6) is -0.355. The van der Waals surface area contributed by atoms with Crippen molar-refractivity contribution in [1.82, 2.24) is 9.88 Å². The van der Waals surface area contributed by atoms with Crippen molar-refractivity contribution < 1.29 is 19.0 Å². The van der Waals surface area contributed by atoms with Gasteiger partial charge in [-0.3, -0.25) is 14.7 Å². The monoisotopic (exact) mass is 434 g/mol. The highest BCUT2D eigenvalue weighted by Crippen LogP contribution is 2.28. The summed E-state index contributed by atoms with van der Waals surface area (Å²) in [5.41, 5.74) is 2.82. The van der Waals surface area contributed by atoms with E-state index in [1.165, 1.54) is 0 Å². The quantitative estimate of drug-likeness (QED) is 0.311. The molecule has 32 heavy (non-hydrogen) atoms. The zero-order chi connectivity index (χ0) is 22.6. The van der Waals surface area contributed by atoms with Crippen LogP contribution in [0.5, 0.6) is 0 Å². The number of pyridine rings is 1. The molecule has 3 aromatic rings. The van der Waals surface area contributed by atoms with Gasteiger partial charge in [0.05, 0.1) is 12.3 Å². The second-order valence-corrected chi connectivity index (χ2v) is 7.32. The van der Waals surface area contributed by atoms with Gasteiger partial charge in [0, 0.05) is 26.4 Å². The second kappa shape index (κ2) is 12.7. The molecule has 0 aliphatic heterocycles. The minimum absolute atomic E-state index is 0.0294. The predicted molar refractivity (Wildman–Crippen MR) is 122 cm³/mol. The molecule has 2 atom stereocenters. The molecule has 0 radical (unpaired) electrons. The Hall–Kier alpha value is -3.06. The number of aromatic nitrogens is 1. The van der Waals surface area contributed by atoms with Crippen LogP contribution in [0.1, 0.15) is 29.8 Å². The van der Waals surface area contributed by atoms with Gasteiger partial charge in [-0.2, -0.15) is 0 Å². The smallest absolute Gasteiger partial charge is 0.326 e. The molecular weight excluding hydrogens is 404 g/mol. The zero-order valence-corrected chi connectivity index (χ0v) is 18.6. The van der Waals surface area contributed by atoms with E-state index in [1.807, 2.05) is 78.9 Å². The van der Waals surface area contributed by atoms with E-state index in [1.54, 1.807) is 20.2 Å². The van der Waals surface area contributed by atoms with E-state index < -0.39 is 12.1 Å². The molecule has 0 N–H and O–H groups in total. The number of hydrogen-bond donors (Lipinski definition) is 0. The van der Waals surface area contributed by atoms with E-state index in [0.717, 1.165) is 11.1 Å². The van der Waals surface area contributed by atoms with Crippen molar-refractivity contribution >= 4 is 5.97 Å². The van der Waals surface area contributed by atoms with Crippen LogP contribution in [-0.4, -0.2) is 42.4 Å². The summed E-state index contributed by atoms with van der Waals surface area (Å²) >= 11 is 0. The molecular formula is C26H30N2O4. The van der Waals surface area contributed by atoms with Gasteiger partial charge in [0.1, 0.15) is 18.9 Å². The number of methoxy groups -OCH3 is 1. The van der Waals surface area contributed by atoms with E-state index in [-0.39, 0.29) is 19.4 Å². The molecule has 0 aliphatic rings. The fourth-order valence-corrected chi connectivity index (χ4v) is 3.60. The number of ether oxygens (including phenoxy) is 3. The Morgan fingerprint density at radius 1 is 0.906 bits per heavy atom. The molecule has 6 nitrogen and oxygen atoms in total. The van der Waals surface area contributed by atoms with Gasteiger partial charge in [0.25, 0.3) is 0 Å². The van der Waals surface area contributed by atoms with Gasteiger partial charge in [-0.15, -0.1) is 0 Å². The van der Waals surface area contributed by atoms with Gasteiger partial charge in [-0.25, -0.2) is 0 Å². The van der Waals surface area contributed by atoms with Crippen LogP contribution < -0.4 is 0 Å². The molecule has 1 aromatic heterocycles. The van der Waals surface area contributed by atoms with Gasteiger partial charge in [0.2, 0.25) is 0 Å². The molecule has 0 bridgehead atoms. The first-order valence-electron chi connectivity index (χ1n) is 10.7. The van der Waals surface area contributed by atoms with Crippen molar-refractivity contribution in [3.63, 3.8) is 0 Å². The summed E-state index contributed by atoms with van der Waals surface area (Å²) in [7, 11) is 1.56. The van der Waals surface area contributed by atoms with E-state index >= 15 is 0 Å². The highest BCUT2D eigenvalue weighted by atomic mass is 16.7. The third-order valence-corrected chi connectivity index (χ3v) is 5.01. The van der Waals surface area contributed by atoms with E-state index in [4.69, 9.17) is 14.2 Å². The van der Waals surface area contributed by atoms with Crippen LogP contribution >= 0.6 is 0 Å². The number of hydrogen-bond acceptors (Lipinski definition) is 6. The fraction of sp³-hybridized carbons (Fsp3) is 0.308. The van der Waals surface area contributed by atoms with Crippen LogP contribution in [0.25, 0.3) is 0 Å². The van der Waals surface area contributed by atoms with Crippen LogP contribution in [0.15, 0.2) is 85.1 Å². The molecule has 168 valence electrons. The second-order valence-electron chi connectivity index (χ2n) is 7.32. The van der Waals surface area contributed by atoms with Gasteiger partial charge in [-0.05, 0) is 30.2 Å². The van der Waals surface area contributed by atoms with Crippen LogP contribution in [-0.2, 0) is 32.1 Å². The fourth-order valence-electron chi connectivity index (χ4n) is 3.60. The van der Waals surface area contributed by atoms with Crippen molar-refractivity contribution in [3.05, 3.63) is 102 Å². The van der Waals surface area contributed by atoms with Crippen molar-refractivity contribution in [2.75, 3.05) is 20.5 Å². The summed E-state index contributed by atoms with van der Waals surface area (Å²) in [6.45, 7) is 3.19. The molecule has 0 saturated carbocycles. The topological polar surface area (TPSA) is 60.9 Å². The zero-order valence-electron chi connectivity index (χ0n) is 18.6. The lowest BCUT2D eigenvalue weighted by Crippen LogP contribution is -2.46.